The van der Waals surface area contributed by atoms with E-state index in [2.05, 4.69) is 18.2 Å². The number of benzene rings is 3. The van der Waals surface area contributed by atoms with Gasteiger partial charge in [-0.25, -0.2) is 9.59 Å². The molecule has 0 bridgehead atoms. The van der Waals surface area contributed by atoms with Crippen molar-refractivity contribution in [3.63, 3.8) is 0 Å². The van der Waals surface area contributed by atoms with Gasteiger partial charge < -0.3 is 15.3 Å². The SMILES string of the molecule is O=C(O)CN(Cc1ccc(/C=C/Cc2ccccc2)cc1)Cc1ccc(C(=O)O)c(C(=O)O)c1. The lowest BCUT2D eigenvalue weighted by Gasteiger charge is -2.21. The molecule has 0 saturated carbocycles. The molecule has 34 heavy (non-hydrogen) atoms. The molecular formula is C27H25NO6. The number of rotatable bonds is 11. The van der Waals surface area contributed by atoms with E-state index in [1.807, 2.05) is 48.5 Å². The molecule has 0 aromatic heterocycles. The van der Waals surface area contributed by atoms with Crippen LogP contribution in [0.25, 0.3) is 6.08 Å². The average Bonchev–Trinajstić information content (AvgIpc) is 2.80. The molecule has 0 atom stereocenters. The van der Waals surface area contributed by atoms with Gasteiger partial charge in [0.15, 0.2) is 0 Å². The summed E-state index contributed by atoms with van der Waals surface area (Å²) in [6.45, 7) is 0.246. The summed E-state index contributed by atoms with van der Waals surface area (Å²) in [6, 6.07) is 21.9. The Labute approximate surface area is 197 Å². The molecule has 3 aromatic rings. The minimum atomic E-state index is -1.35. The van der Waals surface area contributed by atoms with E-state index in [1.165, 1.54) is 23.8 Å². The predicted octanol–water partition coefficient (Wildman–Crippen LogP) is 4.43. The van der Waals surface area contributed by atoms with Crippen LogP contribution in [0.2, 0.25) is 0 Å². The minimum Gasteiger partial charge on any atom is -0.480 e. The standard InChI is InChI=1S/C27H25NO6/c29-25(30)18-28(17-22-13-14-23(26(31)32)24(15-22)27(33)34)16-21-11-9-20(10-12-21)8-4-7-19-5-2-1-3-6-19/h1-6,8-15H,7,16-18H2,(H,29,30)(H,31,32)(H,33,34)/b8-4+. The first-order chi connectivity index (χ1) is 16.3. The van der Waals surface area contributed by atoms with Crippen LogP contribution in [0.3, 0.4) is 0 Å². The molecule has 0 radical (unpaired) electrons. The van der Waals surface area contributed by atoms with Crippen LogP contribution >= 0.6 is 0 Å². The van der Waals surface area contributed by atoms with Crippen molar-refractivity contribution >= 4 is 24.0 Å². The molecule has 7 heteroatoms. The number of allylic oxidation sites excluding steroid dienone is 1. The second kappa shape index (κ2) is 11.6. The number of hydrogen-bond donors (Lipinski definition) is 3. The lowest BCUT2D eigenvalue weighted by atomic mass is 10.0. The summed E-state index contributed by atoms with van der Waals surface area (Å²) in [5.41, 5.74) is 3.04. The van der Waals surface area contributed by atoms with E-state index in [-0.39, 0.29) is 24.2 Å². The molecule has 3 N–H and O–H groups in total. The van der Waals surface area contributed by atoms with Crippen molar-refractivity contribution in [3.05, 3.63) is 112 Å². The third-order valence-corrected chi connectivity index (χ3v) is 5.20. The van der Waals surface area contributed by atoms with Crippen molar-refractivity contribution < 1.29 is 29.7 Å². The zero-order valence-corrected chi connectivity index (χ0v) is 18.4. The Kier molecular flexibility index (Phi) is 8.32. The molecule has 0 unspecified atom stereocenters. The fourth-order valence-electron chi connectivity index (χ4n) is 3.61. The number of carbonyl (C=O) groups is 3. The highest BCUT2D eigenvalue weighted by atomic mass is 16.4. The van der Waals surface area contributed by atoms with E-state index in [0.29, 0.717) is 12.1 Å². The Balaban J connectivity index is 1.69. The van der Waals surface area contributed by atoms with Gasteiger partial charge in [0.25, 0.3) is 0 Å². The molecule has 3 rings (SSSR count). The van der Waals surface area contributed by atoms with Gasteiger partial charge in [-0.05, 0) is 40.8 Å². The van der Waals surface area contributed by atoms with E-state index in [4.69, 9.17) is 0 Å². The number of carboxylic acids is 3. The second-order valence-corrected chi connectivity index (χ2v) is 7.86. The maximum atomic E-state index is 11.4. The molecular weight excluding hydrogens is 434 g/mol. The highest BCUT2D eigenvalue weighted by Crippen LogP contribution is 2.17. The number of aromatic carboxylic acids is 2. The summed E-state index contributed by atoms with van der Waals surface area (Å²) in [6.07, 6.45) is 4.94. The molecule has 0 aliphatic carbocycles. The maximum absolute atomic E-state index is 11.4. The van der Waals surface area contributed by atoms with Gasteiger partial charge in [0.2, 0.25) is 0 Å². The van der Waals surface area contributed by atoms with Gasteiger partial charge in [-0.15, -0.1) is 0 Å². The number of aliphatic carboxylic acids is 1. The van der Waals surface area contributed by atoms with Crippen molar-refractivity contribution in [2.75, 3.05) is 6.54 Å². The Morgan fingerprint density at radius 2 is 1.32 bits per heavy atom. The largest absolute Gasteiger partial charge is 0.480 e. The first kappa shape index (κ1) is 24.4. The molecule has 0 amide bonds. The van der Waals surface area contributed by atoms with Crippen LogP contribution < -0.4 is 0 Å². The van der Waals surface area contributed by atoms with Crippen LogP contribution in [0, 0.1) is 0 Å². The highest BCUT2D eigenvalue weighted by molar-refractivity contribution is 6.01. The molecule has 0 spiro atoms. The lowest BCUT2D eigenvalue weighted by Crippen LogP contribution is -2.29. The highest BCUT2D eigenvalue weighted by Gasteiger charge is 2.18. The zero-order valence-electron chi connectivity index (χ0n) is 18.4. The number of nitrogens with zero attached hydrogens (tertiary/aromatic N) is 1. The molecule has 3 aromatic carbocycles. The van der Waals surface area contributed by atoms with Crippen molar-refractivity contribution in [3.8, 4) is 0 Å². The topological polar surface area (TPSA) is 115 Å². The summed E-state index contributed by atoms with van der Waals surface area (Å²) in [4.78, 5) is 35.7. The first-order valence-electron chi connectivity index (χ1n) is 10.6. The van der Waals surface area contributed by atoms with Gasteiger partial charge in [-0.2, -0.15) is 0 Å². The third-order valence-electron chi connectivity index (χ3n) is 5.20. The summed E-state index contributed by atoms with van der Waals surface area (Å²) in [5, 5.41) is 27.8. The first-order valence-corrected chi connectivity index (χ1v) is 10.6. The van der Waals surface area contributed by atoms with Crippen LogP contribution in [-0.4, -0.2) is 44.7 Å². The molecule has 0 saturated heterocycles. The van der Waals surface area contributed by atoms with Gasteiger partial charge in [-0.3, -0.25) is 9.69 Å². The molecule has 174 valence electrons. The van der Waals surface area contributed by atoms with Gasteiger partial charge in [0.1, 0.15) is 0 Å². The molecule has 0 fully saturated rings. The van der Waals surface area contributed by atoms with Crippen molar-refractivity contribution in [2.45, 2.75) is 19.5 Å². The van der Waals surface area contributed by atoms with Crippen molar-refractivity contribution in [1.29, 1.82) is 0 Å². The third kappa shape index (κ3) is 7.15. The van der Waals surface area contributed by atoms with E-state index >= 15 is 0 Å². The minimum absolute atomic E-state index is 0.158. The molecule has 0 heterocycles. The van der Waals surface area contributed by atoms with E-state index in [1.54, 1.807) is 4.90 Å². The van der Waals surface area contributed by atoms with Crippen molar-refractivity contribution in [1.82, 2.24) is 4.90 Å². The number of hydrogen-bond acceptors (Lipinski definition) is 4. The quantitative estimate of drug-likeness (QED) is 0.389. The van der Waals surface area contributed by atoms with Crippen molar-refractivity contribution in [2.24, 2.45) is 0 Å². The van der Waals surface area contributed by atoms with E-state index < -0.39 is 17.9 Å². The van der Waals surface area contributed by atoms with Crippen LogP contribution in [0.15, 0.2) is 78.9 Å². The van der Waals surface area contributed by atoms with Gasteiger partial charge in [-0.1, -0.05) is 72.8 Å². The Morgan fingerprint density at radius 3 is 1.94 bits per heavy atom. The van der Waals surface area contributed by atoms with Crippen LogP contribution in [0.1, 0.15) is 43.0 Å². The fourth-order valence-corrected chi connectivity index (χ4v) is 3.61. The molecule has 7 nitrogen and oxygen atoms in total. The summed E-state index contributed by atoms with van der Waals surface area (Å²) >= 11 is 0. The normalized spacial score (nSPS) is 11.1. The average molecular weight is 459 g/mol. The molecule has 0 aliphatic heterocycles. The number of carboxylic acid groups (broad SMARTS) is 3. The Bertz CT molecular complexity index is 1190. The zero-order chi connectivity index (χ0) is 24.5. The maximum Gasteiger partial charge on any atom is 0.336 e. The van der Waals surface area contributed by atoms with E-state index in [9.17, 15) is 29.7 Å². The van der Waals surface area contributed by atoms with Gasteiger partial charge in [0.05, 0.1) is 17.7 Å². The summed E-state index contributed by atoms with van der Waals surface area (Å²) < 4.78 is 0. The van der Waals surface area contributed by atoms with Gasteiger partial charge >= 0.3 is 17.9 Å². The Hall–Kier alpha value is -4.23. The second-order valence-electron chi connectivity index (χ2n) is 7.86. The van der Waals surface area contributed by atoms with Gasteiger partial charge in [0, 0.05) is 13.1 Å². The summed E-state index contributed by atoms with van der Waals surface area (Å²) in [5.74, 6) is -3.69. The Morgan fingerprint density at radius 1 is 0.706 bits per heavy atom. The molecule has 0 aliphatic rings. The fraction of sp³-hybridized carbons (Fsp3) is 0.148. The van der Waals surface area contributed by atoms with Crippen LogP contribution in [-0.2, 0) is 24.3 Å². The predicted molar refractivity (Wildman–Crippen MR) is 128 cm³/mol. The van der Waals surface area contributed by atoms with E-state index in [0.717, 1.165) is 17.5 Å². The van der Waals surface area contributed by atoms with Crippen LogP contribution in [0.5, 0.6) is 0 Å². The smallest absolute Gasteiger partial charge is 0.336 e. The monoisotopic (exact) mass is 459 g/mol. The van der Waals surface area contributed by atoms with Crippen LogP contribution in [0.4, 0.5) is 0 Å². The lowest BCUT2D eigenvalue weighted by molar-refractivity contribution is -0.138. The summed E-state index contributed by atoms with van der Waals surface area (Å²) in [7, 11) is 0.